The highest BCUT2D eigenvalue weighted by Gasteiger charge is 2.36. The van der Waals surface area contributed by atoms with Crippen molar-refractivity contribution in [2.75, 3.05) is 19.6 Å². The summed E-state index contributed by atoms with van der Waals surface area (Å²) in [6, 6.07) is 4.31. The van der Waals surface area contributed by atoms with Crippen molar-refractivity contribution in [3.8, 4) is 0 Å². The maximum atomic E-state index is 13.2. The van der Waals surface area contributed by atoms with E-state index >= 15 is 0 Å². The smallest absolute Gasteiger partial charge is 0.317 e. The summed E-state index contributed by atoms with van der Waals surface area (Å²) in [4.78, 5) is 24.7. The van der Waals surface area contributed by atoms with Crippen LogP contribution >= 0.6 is 0 Å². The van der Waals surface area contributed by atoms with Gasteiger partial charge in [0.15, 0.2) is 0 Å². The molecule has 1 aromatic carbocycles. The Morgan fingerprint density at radius 1 is 1.48 bits per heavy atom. The molecule has 0 bridgehead atoms. The predicted octanol–water partition coefficient (Wildman–Crippen LogP) is 1.41. The topological polar surface area (TPSA) is 69.6 Å². The van der Waals surface area contributed by atoms with E-state index in [1.54, 1.807) is 11.8 Å². The Balaban J connectivity index is 2.04. The third-order valence-corrected chi connectivity index (χ3v) is 3.83. The van der Waals surface area contributed by atoms with Gasteiger partial charge in [0.05, 0.1) is 6.54 Å². The Hall–Kier alpha value is -1.95. The lowest BCUT2D eigenvalue weighted by Crippen LogP contribution is -2.47. The van der Waals surface area contributed by atoms with Crippen molar-refractivity contribution in [3.05, 3.63) is 35.1 Å². The second-order valence-electron chi connectivity index (χ2n) is 5.75. The highest BCUT2D eigenvalue weighted by atomic mass is 19.1. The van der Waals surface area contributed by atoms with E-state index in [1.165, 1.54) is 18.2 Å². The van der Waals surface area contributed by atoms with Gasteiger partial charge in [-0.05, 0) is 44.0 Å². The zero-order chi connectivity index (χ0) is 15.6. The molecule has 114 valence electrons. The first-order valence-corrected chi connectivity index (χ1v) is 6.83. The Bertz CT molecular complexity index is 576. The first kappa shape index (κ1) is 15.4. The van der Waals surface area contributed by atoms with Gasteiger partial charge in [0, 0.05) is 24.2 Å². The van der Waals surface area contributed by atoms with Crippen molar-refractivity contribution >= 4 is 11.9 Å². The van der Waals surface area contributed by atoms with Crippen LogP contribution in [-0.4, -0.2) is 47.1 Å². The van der Waals surface area contributed by atoms with Crippen LogP contribution in [0.4, 0.5) is 4.39 Å². The molecule has 1 atom stereocenters. The molecule has 1 aliphatic heterocycles. The van der Waals surface area contributed by atoms with Gasteiger partial charge in [0.1, 0.15) is 5.82 Å². The number of aryl methyl sites for hydroxylation is 1. The normalized spacial score (nSPS) is 21.6. The maximum Gasteiger partial charge on any atom is 0.317 e. The summed E-state index contributed by atoms with van der Waals surface area (Å²) in [5.41, 5.74) is 0.492. The SMILES string of the molecule is Cc1cc(C(=O)N2CC[C@@](C)(NCC(=O)O)C2)ccc1F. The van der Waals surface area contributed by atoms with Gasteiger partial charge in [-0.1, -0.05) is 0 Å². The summed E-state index contributed by atoms with van der Waals surface area (Å²) < 4.78 is 13.2. The maximum absolute atomic E-state index is 13.2. The number of aliphatic carboxylic acids is 1. The van der Waals surface area contributed by atoms with Crippen molar-refractivity contribution in [3.63, 3.8) is 0 Å². The molecule has 1 heterocycles. The Morgan fingerprint density at radius 3 is 2.81 bits per heavy atom. The van der Waals surface area contributed by atoms with Crippen LogP contribution in [0.1, 0.15) is 29.3 Å². The number of hydrogen-bond donors (Lipinski definition) is 2. The minimum absolute atomic E-state index is 0.131. The molecule has 0 radical (unpaired) electrons. The summed E-state index contributed by atoms with van der Waals surface area (Å²) in [7, 11) is 0. The fourth-order valence-corrected chi connectivity index (χ4v) is 2.53. The third-order valence-electron chi connectivity index (χ3n) is 3.83. The molecule has 0 spiro atoms. The van der Waals surface area contributed by atoms with E-state index in [4.69, 9.17) is 5.11 Å². The van der Waals surface area contributed by atoms with E-state index in [0.717, 1.165) is 0 Å². The van der Waals surface area contributed by atoms with Crippen LogP contribution in [0.25, 0.3) is 0 Å². The molecule has 2 rings (SSSR count). The van der Waals surface area contributed by atoms with E-state index in [9.17, 15) is 14.0 Å². The van der Waals surface area contributed by atoms with Gasteiger partial charge in [0.25, 0.3) is 5.91 Å². The Kier molecular flexibility index (Phi) is 4.27. The number of carbonyl (C=O) groups excluding carboxylic acids is 1. The van der Waals surface area contributed by atoms with E-state index in [-0.39, 0.29) is 18.3 Å². The average molecular weight is 294 g/mol. The number of nitrogens with one attached hydrogen (secondary N) is 1. The second kappa shape index (κ2) is 5.81. The number of halogens is 1. The molecule has 2 N–H and O–H groups in total. The standard InChI is InChI=1S/C15H19FN2O3/c1-10-7-11(3-4-12(10)16)14(21)18-6-5-15(2,9-18)17-8-13(19)20/h3-4,7,17H,5-6,8-9H2,1-2H3,(H,19,20)/t15-/m1/s1. The first-order chi connectivity index (χ1) is 9.81. The fraction of sp³-hybridized carbons (Fsp3) is 0.467. The second-order valence-corrected chi connectivity index (χ2v) is 5.75. The molecular weight excluding hydrogens is 275 g/mol. The molecule has 0 aliphatic carbocycles. The number of carbonyl (C=O) groups is 2. The van der Waals surface area contributed by atoms with E-state index < -0.39 is 11.5 Å². The molecule has 0 aromatic heterocycles. The van der Waals surface area contributed by atoms with Gasteiger partial charge in [-0.2, -0.15) is 0 Å². The van der Waals surface area contributed by atoms with Crippen molar-refractivity contribution in [2.24, 2.45) is 0 Å². The number of nitrogens with zero attached hydrogens (tertiary/aromatic N) is 1. The van der Waals surface area contributed by atoms with E-state index in [0.29, 0.717) is 30.6 Å². The zero-order valence-corrected chi connectivity index (χ0v) is 12.1. The summed E-state index contributed by atoms with van der Waals surface area (Å²) in [5.74, 6) is -1.41. The number of carboxylic acid groups (broad SMARTS) is 1. The number of benzene rings is 1. The number of amides is 1. The zero-order valence-electron chi connectivity index (χ0n) is 12.1. The van der Waals surface area contributed by atoms with Crippen LogP contribution in [0.2, 0.25) is 0 Å². The van der Waals surface area contributed by atoms with E-state index in [2.05, 4.69) is 5.32 Å². The summed E-state index contributed by atoms with van der Waals surface area (Å²) in [5, 5.41) is 11.7. The van der Waals surface area contributed by atoms with Crippen LogP contribution < -0.4 is 5.32 Å². The van der Waals surface area contributed by atoms with Gasteiger partial charge in [-0.25, -0.2) is 4.39 Å². The molecule has 1 aromatic rings. The highest BCUT2D eigenvalue weighted by Crippen LogP contribution is 2.23. The fourth-order valence-electron chi connectivity index (χ4n) is 2.53. The summed E-state index contributed by atoms with van der Waals surface area (Å²) in [6.07, 6.45) is 0.687. The highest BCUT2D eigenvalue weighted by molar-refractivity contribution is 5.94. The number of likely N-dealkylation sites (tertiary alicyclic amines) is 1. The van der Waals surface area contributed by atoms with Crippen LogP contribution in [0.15, 0.2) is 18.2 Å². The molecular formula is C15H19FN2O3. The monoisotopic (exact) mass is 294 g/mol. The first-order valence-electron chi connectivity index (χ1n) is 6.83. The minimum atomic E-state index is -0.921. The van der Waals surface area contributed by atoms with Gasteiger partial charge in [-0.3, -0.25) is 14.9 Å². The molecule has 21 heavy (non-hydrogen) atoms. The van der Waals surface area contributed by atoms with Crippen LogP contribution in [0.5, 0.6) is 0 Å². The van der Waals surface area contributed by atoms with Gasteiger partial charge in [0.2, 0.25) is 0 Å². The van der Waals surface area contributed by atoms with Crippen LogP contribution in [0, 0.1) is 12.7 Å². The van der Waals surface area contributed by atoms with E-state index in [1.807, 2.05) is 6.92 Å². The lowest BCUT2D eigenvalue weighted by atomic mass is 10.0. The van der Waals surface area contributed by atoms with Crippen molar-refractivity contribution in [1.29, 1.82) is 0 Å². The molecule has 0 saturated carbocycles. The minimum Gasteiger partial charge on any atom is -0.480 e. The summed E-state index contributed by atoms with van der Waals surface area (Å²) in [6.45, 7) is 4.38. The number of hydrogen-bond acceptors (Lipinski definition) is 3. The van der Waals surface area contributed by atoms with Crippen molar-refractivity contribution in [1.82, 2.24) is 10.2 Å². The summed E-state index contributed by atoms with van der Waals surface area (Å²) >= 11 is 0. The predicted molar refractivity (Wildman–Crippen MR) is 75.7 cm³/mol. The van der Waals surface area contributed by atoms with Gasteiger partial charge in [-0.15, -0.1) is 0 Å². The molecule has 5 nitrogen and oxygen atoms in total. The van der Waals surface area contributed by atoms with Gasteiger partial charge >= 0.3 is 5.97 Å². The van der Waals surface area contributed by atoms with Crippen LogP contribution in [-0.2, 0) is 4.79 Å². The van der Waals surface area contributed by atoms with Gasteiger partial charge < -0.3 is 10.0 Å². The lowest BCUT2D eigenvalue weighted by molar-refractivity contribution is -0.136. The quantitative estimate of drug-likeness (QED) is 0.881. The van der Waals surface area contributed by atoms with Crippen molar-refractivity contribution in [2.45, 2.75) is 25.8 Å². The molecule has 1 aliphatic rings. The Labute approximate surface area is 122 Å². The molecule has 0 unspecified atom stereocenters. The van der Waals surface area contributed by atoms with Crippen LogP contribution in [0.3, 0.4) is 0 Å². The number of rotatable bonds is 4. The number of carboxylic acids is 1. The third kappa shape index (κ3) is 3.58. The Morgan fingerprint density at radius 2 is 2.19 bits per heavy atom. The molecule has 1 fully saturated rings. The average Bonchev–Trinajstić information content (AvgIpc) is 2.82. The molecule has 1 saturated heterocycles. The lowest BCUT2D eigenvalue weighted by Gasteiger charge is -2.25. The van der Waals surface area contributed by atoms with Crippen molar-refractivity contribution < 1.29 is 19.1 Å². The molecule has 6 heteroatoms. The molecule has 1 amide bonds. The largest absolute Gasteiger partial charge is 0.480 e.